The van der Waals surface area contributed by atoms with Crippen molar-refractivity contribution >= 4 is 12.4 Å². The smallest absolute Gasteiger partial charge is 0.0558 e. The van der Waals surface area contributed by atoms with Crippen molar-refractivity contribution in [2.75, 3.05) is 32.8 Å². The lowest BCUT2D eigenvalue weighted by molar-refractivity contribution is 0.158. The van der Waals surface area contributed by atoms with E-state index in [1.807, 2.05) is 10.9 Å². The van der Waals surface area contributed by atoms with Crippen molar-refractivity contribution in [3.05, 3.63) is 18.0 Å². The number of hydrogen-bond acceptors (Lipinski definition) is 4. The van der Waals surface area contributed by atoms with Crippen molar-refractivity contribution in [1.82, 2.24) is 20.0 Å². The maximum Gasteiger partial charge on any atom is 0.0558 e. The average Bonchev–Trinajstić information content (AvgIpc) is 2.88. The van der Waals surface area contributed by atoms with Crippen LogP contribution in [-0.2, 0) is 13.1 Å². The monoisotopic (exact) mass is 302 g/mol. The summed E-state index contributed by atoms with van der Waals surface area (Å²) in [6, 6.07) is 0. The fourth-order valence-corrected chi connectivity index (χ4v) is 2.74. The van der Waals surface area contributed by atoms with Gasteiger partial charge in [-0.05, 0) is 38.8 Å². The number of hydrogen-bond donors (Lipinski definition) is 2. The number of aliphatic hydroxyl groups is 1. The van der Waals surface area contributed by atoms with E-state index < -0.39 is 0 Å². The predicted molar refractivity (Wildman–Crippen MR) is 83.1 cm³/mol. The van der Waals surface area contributed by atoms with E-state index in [0.717, 1.165) is 39.3 Å². The molecule has 0 aliphatic carbocycles. The second kappa shape index (κ2) is 9.34. The van der Waals surface area contributed by atoms with Crippen molar-refractivity contribution in [1.29, 1.82) is 0 Å². The number of nitrogens with zero attached hydrogens (tertiary/aromatic N) is 3. The number of nitrogens with one attached hydrogen (secondary N) is 1. The second-order valence-corrected chi connectivity index (χ2v) is 5.38. The highest BCUT2D eigenvalue weighted by Crippen LogP contribution is 2.13. The van der Waals surface area contributed by atoms with Crippen LogP contribution in [0.1, 0.15) is 25.3 Å². The summed E-state index contributed by atoms with van der Waals surface area (Å²) in [5.41, 5.74) is 1.24. The van der Waals surface area contributed by atoms with Gasteiger partial charge in [0, 0.05) is 37.9 Å². The van der Waals surface area contributed by atoms with E-state index in [0.29, 0.717) is 5.92 Å². The molecule has 1 aromatic heterocycles. The van der Waals surface area contributed by atoms with Crippen LogP contribution in [0.4, 0.5) is 0 Å². The molecule has 2 N–H and O–H groups in total. The molecule has 0 amide bonds. The molecule has 2 rings (SSSR count). The first-order chi connectivity index (χ1) is 9.31. The number of aryl methyl sites for hydroxylation is 1. The zero-order chi connectivity index (χ0) is 13.5. The predicted octanol–water partition coefficient (Wildman–Crippen LogP) is 1.12. The molecule has 5 nitrogen and oxygen atoms in total. The first-order valence-electron chi connectivity index (χ1n) is 7.37. The van der Waals surface area contributed by atoms with Gasteiger partial charge in [0.05, 0.1) is 12.8 Å². The maximum atomic E-state index is 9.22. The quantitative estimate of drug-likeness (QED) is 0.792. The van der Waals surface area contributed by atoms with Gasteiger partial charge in [-0.2, -0.15) is 5.10 Å². The van der Waals surface area contributed by atoms with Gasteiger partial charge >= 0.3 is 0 Å². The topological polar surface area (TPSA) is 53.3 Å². The third-order valence-corrected chi connectivity index (χ3v) is 3.75. The third kappa shape index (κ3) is 5.40. The normalized spacial score (nSPS) is 19.1. The zero-order valence-electron chi connectivity index (χ0n) is 12.3. The van der Waals surface area contributed by atoms with Gasteiger partial charge in [-0.15, -0.1) is 12.4 Å². The number of piperidine rings is 1. The van der Waals surface area contributed by atoms with Crippen molar-refractivity contribution in [3.63, 3.8) is 0 Å². The molecule has 2 heterocycles. The number of rotatable bonds is 7. The van der Waals surface area contributed by atoms with Crippen LogP contribution in [-0.4, -0.2) is 52.6 Å². The fraction of sp³-hybridized carbons (Fsp3) is 0.786. The van der Waals surface area contributed by atoms with E-state index in [-0.39, 0.29) is 19.0 Å². The molecule has 1 aliphatic rings. The van der Waals surface area contributed by atoms with Gasteiger partial charge in [0.15, 0.2) is 0 Å². The minimum atomic E-state index is 0. The van der Waals surface area contributed by atoms with Gasteiger partial charge in [0.2, 0.25) is 0 Å². The van der Waals surface area contributed by atoms with Crippen LogP contribution in [0.5, 0.6) is 0 Å². The number of aliphatic hydroxyl groups excluding tert-OH is 1. The lowest BCUT2D eigenvalue weighted by Crippen LogP contribution is -2.39. The van der Waals surface area contributed by atoms with Gasteiger partial charge in [-0.1, -0.05) is 0 Å². The Bertz CT molecular complexity index is 366. The van der Waals surface area contributed by atoms with E-state index in [1.165, 1.54) is 18.4 Å². The van der Waals surface area contributed by atoms with Crippen molar-refractivity contribution in [2.24, 2.45) is 5.92 Å². The Morgan fingerprint density at radius 1 is 1.55 bits per heavy atom. The number of aromatic nitrogens is 2. The molecule has 1 atom stereocenters. The van der Waals surface area contributed by atoms with Gasteiger partial charge < -0.3 is 10.4 Å². The summed E-state index contributed by atoms with van der Waals surface area (Å²) in [6.07, 6.45) is 6.60. The van der Waals surface area contributed by atoms with E-state index in [9.17, 15) is 5.11 Å². The molecule has 1 saturated heterocycles. The lowest BCUT2D eigenvalue weighted by atomic mass is 9.99. The van der Waals surface area contributed by atoms with Gasteiger partial charge in [0.1, 0.15) is 0 Å². The molecule has 116 valence electrons. The van der Waals surface area contributed by atoms with E-state index in [1.54, 1.807) is 0 Å². The highest BCUT2D eigenvalue weighted by atomic mass is 35.5. The fourth-order valence-electron chi connectivity index (χ4n) is 2.74. The van der Waals surface area contributed by atoms with E-state index >= 15 is 0 Å². The molecular weight excluding hydrogens is 276 g/mol. The van der Waals surface area contributed by atoms with E-state index in [4.69, 9.17) is 0 Å². The van der Waals surface area contributed by atoms with E-state index in [2.05, 4.69) is 28.4 Å². The minimum Gasteiger partial charge on any atom is -0.395 e. The van der Waals surface area contributed by atoms with Crippen molar-refractivity contribution in [2.45, 2.75) is 32.9 Å². The largest absolute Gasteiger partial charge is 0.395 e. The third-order valence-electron chi connectivity index (χ3n) is 3.75. The zero-order valence-corrected chi connectivity index (χ0v) is 13.1. The highest BCUT2D eigenvalue weighted by Gasteiger charge is 2.17. The van der Waals surface area contributed by atoms with Crippen LogP contribution in [0.2, 0.25) is 0 Å². The van der Waals surface area contributed by atoms with Crippen LogP contribution in [0.15, 0.2) is 12.4 Å². The summed E-state index contributed by atoms with van der Waals surface area (Å²) < 4.78 is 1.95. The summed E-state index contributed by atoms with van der Waals surface area (Å²) in [5.74, 6) is 0.710. The van der Waals surface area contributed by atoms with Crippen molar-refractivity contribution < 1.29 is 5.11 Å². The molecule has 0 aromatic carbocycles. The molecule has 0 bridgehead atoms. The Kier molecular flexibility index (Phi) is 8.14. The summed E-state index contributed by atoms with van der Waals surface area (Å²) in [4.78, 5) is 2.34. The summed E-state index contributed by atoms with van der Waals surface area (Å²) >= 11 is 0. The first-order valence-corrected chi connectivity index (χ1v) is 7.37. The molecule has 1 aromatic rings. The highest BCUT2D eigenvalue weighted by molar-refractivity contribution is 5.85. The average molecular weight is 303 g/mol. The summed E-state index contributed by atoms with van der Waals surface area (Å²) in [7, 11) is 0. The molecule has 1 unspecified atom stereocenters. The lowest BCUT2D eigenvalue weighted by Gasteiger charge is -2.29. The number of halogens is 1. The molecule has 6 heteroatoms. The van der Waals surface area contributed by atoms with Crippen LogP contribution >= 0.6 is 12.4 Å². The maximum absolute atomic E-state index is 9.22. The molecular formula is C14H27ClN4O. The Morgan fingerprint density at radius 3 is 3.00 bits per heavy atom. The summed E-state index contributed by atoms with van der Waals surface area (Å²) in [5, 5.41) is 17.0. The first kappa shape index (κ1) is 17.4. The van der Waals surface area contributed by atoms with Crippen LogP contribution < -0.4 is 5.32 Å². The minimum absolute atomic E-state index is 0. The molecule has 0 saturated carbocycles. The van der Waals surface area contributed by atoms with Gasteiger partial charge in [0.25, 0.3) is 0 Å². The summed E-state index contributed by atoms with van der Waals surface area (Å²) in [6.45, 7) is 8.18. The van der Waals surface area contributed by atoms with Crippen LogP contribution in [0.3, 0.4) is 0 Å². The Labute approximate surface area is 127 Å². The molecule has 0 spiro atoms. The molecule has 0 radical (unpaired) electrons. The molecule has 1 aliphatic heterocycles. The second-order valence-electron chi connectivity index (χ2n) is 5.38. The molecule has 1 fully saturated rings. The SMILES string of the molecule is CCn1cc(CN(CCO)CC2CCCNC2)cn1.Cl. The molecule has 20 heavy (non-hydrogen) atoms. The van der Waals surface area contributed by atoms with Crippen molar-refractivity contribution in [3.8, 4) is 0 Å². The van der Waals surface area contributed by atoms with Gasteiger partial charge in [-0.25, -0.2) is 0 Å². The van der Waals surface area contributed by atoms with Gasteiger partial charge in [-0.3, -0.25) is 9.58 Å². The Balaban J connectivity index is 0.00000200. The Hall–Kier alpha value is -0.620. The van der Waals surface area contributed by atoms with Crippen LogP contribution in [0.25, 0.3) is 0 Å². The van der Waals surface area contributed by atoms with Crippen LogP contribution in [0, 0.1) is 5.92 Å². The Morgan fingerprint density at radius 2 is 2.40 bits per heavy atom. The standard InChI is InChI=1S/C14H26N4O.ClH/c1-2-18-12-14(9-16-18)11-17(6-7-19)10-13-4-3-5-15-8-13;/h9,12-13,15,19H,2-8,10-11H2,1H3;1H.